The molecule has 0 aliphatic rings. The molecule has 3 N–H and O–H groups in total. The van der Waals surface area contributed by atoms with Crippen molar-refractivity contribution in [3.05, 3.63) is 29.8 Å². The number of hydrogen-bond donors (Lipinski definition) is 3. The second kappa shape index (κ2) is 16.2. The van der Waals surface area contributed by atoms with Crippen LogP contribution < -0.4 is 10.8 Å². The molecule has 7 nitrogen and oxygen atoms in total. The molecule has 0 aliphatic carbocycles. The fraction of sp³-hybridized carbons (Fsp3) is 0.591. The van der Waals surface area contributed by atoms with Gasteiger partial charge in [-0.15, -0.1) is 0 Å². The lowest BCUT2D eigenvalue weighted by Crippen LogP contribution is -2.17. The summed E-state index contributed by atoms with van der Waals surface area (Å²) >= 11 is 0. The number of hydrogen-bond acceptors (Lipinski definition) is 5. The first-order chi connectivity index (χ1) is 14.9. The average Bonchev–Trinajstić information content (AvgIpc) is 2.76. The first-order valence-corrected chi connectivity index (χ1v) is 10.6. The molecular weight excluding hydrogens is 410 g/mol. The van der Waals surface area contributed by atoms with Crippen molar-refractivity contribution in [3.63, 3.8) is 0 Å². The van der Waals surface area contributed by atoms with Gasteiger partial charge >= 0.3 is 5.97 Å². The third-order valence-electron chi connectivity index (χ3n) is 4.61. The summed E-state index contributed by atoms with van der Waals surface area (Å²) in [6, 6.07) is 6.90. The second-order valence-corrected chi connectivity index (χ2v) is 7.34. The average molecular weight is 443 g/mol. The number of ether oxygens (including phenoxy) is 1. The maximum atomic E-state index is 12.7. The third kappa shape index (κ3) is 13.4. The van der Waals surface area contributed by atoms with Crippen LogP contribution in [-0.2, 0) is 25.5 Å². The number of carbonyl (C=O) groups excluding carboxylic acids is 3. The summed E-state index contributed by atoms with van der Waals surface area (Å²) in [5.41, 5.74) is 2.96. The summed E-state index contributed by atoms with van der Waals surface area (Å²) in [7, 11) is 0. The van der Waals surface area contributed by atoms with Gasteiger partial charge in [-0.25, -0.2) is 14.3 Å². The van der Waals surface area contributed by atoms with Gasteiger partial charge in [-0.05, 0) is 49.8 Å². The molecule has 0 spiro atoms. The minimum atomic E-state index is -1.44. The molecule has 1 atom stereocenters. The molecule has 31 heavy (non-hydrogen) atoms. The Kier molecular flexibility index (Phi) is 13.8. The first-order valence-electron chi connectivity index (χ1n) is 10.6. The number of anilines is 1. The van der Waals surface area contributed by atoms with Crippen LogP contribution in [0.15, 0.2) is 24.3 Å². The Bertz CT molecular complexity index is 670. The lowest BCUT2D eigenvalue weighted by molar-refractivity contribution is -0.143. The number of halogens is 2. The van der Waals surface area contributed by atoms with Crippen molar-refractivity contribution in [2.45, 2.75) is 70.4 Å². The van der Waals surface area contributed by atoms with E-state index in [1.165, 1.54) is 0 Å². The Hall–Kier alpha value is -2.55. The zero-order valence-electron chi connectivity index (χ0n) is 17.7. The van der Waals surface area contributed by atoms with Gasteiger partial charge in [0, 0.05) is 18.5 Å². The van der Waals surface area contributed by atoms with Crippen LogP contribution in [-0.4, -0.2) is 42.4 Å². The molecule has 174 valence electrons. The van der Waals surface area contributed by atoms with Crippen LogP contribution >= 0.6 is 0 Å². The molecule has 1 rings (SSSR count). The molecule has 2 amide bonds. The Morgan fingerprint density at radius 2 is 1.58 bits per heavy atom. The molecule has 0 heterocycles. The number of unbranched alkanes of at least 4 members (excludes halogenated alkanes) is 4. The topological polar surface area (TPSA) is 105 Å². The quantitative estimate of drug-likeness (QED) is 0.155. The Balaban J connectivity index is 2.17. The highest BCUT2D eigenvalue weighted by molar-refractivity contribution is 5.90. The van der Waals surface area contributed by atoms with E-state index in [-0.39, 0.29) is 31.8 Å². The molecule has 0 radical (unpaired) electrons. The summed E-state index contributed by atoms with van der Waals surface area (Å²) in [6.45, 7) is -0.801. The van der Waals surface area contributed by atoms with E-state index in [1.807, 2.05) is 0 Å². The number of amides is 2. The summed E-state index contributed by atoms with van der Waals surface area (Å²) in [4.78, 5) is 34.7. The third-order valence-corrected chi connectivity index (χ3v) is 4.61. The van der Waals surface area contributed by atoms with Gasteiger partial charge in [-0.2, -0.15) is 0 Å². The van der Waals surface area contributed by atoms with E-state index in [4.69, 9.17) is 9.94 Å². The first kappa shape index (κ1) is 26.5. The fourth-order valence-electron chi connectivity index (χ4n) is 2.86. The second-order valence-electron chi connectivity index (χ2n) is 7.34. The number of alkyl halides is 2. The summed E-state index contributed by atoms with van der Waals surface area (Å²) in [6.07, 6.45) is 3.37. The molecule has 0 fully saturated rings. The number of carbonyl (C=O) groups is 3. The zero-order chi connectivity index (χ0) is 22.9. The van der Waals surface area contributed by atoms with Crippen molar-refractivity contribution in [2.75, 3.05) is 18.6 Å². The van der Waals surface area contributed by atoms with Gasteiger partial charge in [0.15, 0.2) is 0 Å². The standard InChI is InChI=1S/C22H32F2N2O5/c23-16-18(24)7-5-6-14-31-22(29)15-17-10-12-19(13-11-17)25-20(27)8-3-1-2-4-9-21(28)26-30/h10-13,18,30H,1-9,14-16H2,(H,25,27)(H,26,28). The lowest BCUT2D eigenvalue weighted by Gasteiger charge is -2.08. The molecule has 1 aromatic rings. The van der Waals surface area contributed by atoms with Crippen LogP contribution in [0.5, 0.6) is 0 Å². The number of rotatable bonds is 16. The van der Waals surface area contributed by atoms with Gasteiger partial charge in [-0.3, -0.25) is 19.6 Å². The van der Waals surface area contributed by atoms with Gasteiger partial charge < -0.3 is 10.1 Å². The van der Waals surface area contributed by atoms with E-state index in [2.05, 4.69) is 5.32 Å². The summed E-state index contributed by atoms with van der Waals surface area (Å²) < 4.78 is 29.8. The van der Waals surface area contributed by atoms with Crippen LogP contribution in [0.3, 0.4) is 0 Å². The molecule has 0 saturated carbocycles. The fourth-order valence-corrected chi connectivity index (χ4v) is 2.86. The van der Waals surface area contributed by atoms with E-state index in [0.29, 0.717) is 37.8 Å². The predicted molar refractivity (Wildman–Crippen MR) is 112 cm³/mol. The predicted octanol–water partition coefficient (Wildman–Crippen LogP) is 4.03. The van der Waals surface area contributed by atoms with Gasteiger partial charge in [0.05, 0.1) is 13.0 Å². The minimum absolute atomic E-state index is 0.0960. The molecule has 0 aromatic heterocycles. The van der Waals surface area contributed by atoms with Crippen molar-refractivity contribution < 1.29 is 33.1 Å². The van der Waals surface area contributed by atoms with Crippen molar-refractivity contribution in [2.24, 2.45) is 0 Å². The van der Waals surface area contributed by atoms with E-state index in [0.717, 1.165) is 18.4 Å². The number of nitrogens with one attached hydrogen (secondary N) is 2. The molecule has 9 heteroatoms. The Labute approximate surface area is 181 Å². The Morgan fingerprint density at radius 3 is 2.19 bits per heavy atom. The van der Waals surface area contributed by atoms with Crippen molar-refractivity contribution >= 4 is 23.5 Å². The summed E-state index contributed by atoms with van der Waals surface area (Å²) in [5, 5.41) is 11.2. The number of benzene rings is 1. The number of hydroxylamine groups is 1. The van der Waals surface area contributed by atoms with Crippen molar-refractivity contribution in [1.82, 2.24) is 5.48 Å². The highest BCUT2D eigenvalue weighted by Crippen LogP contribution is 2.13. The van der Waals surface area contributed by atoms with Gasteiger partial charge in [0.1, 0.15) is 12.8 Å². The van der Waals surface area contributed by atoms with E-state index < -0.39 is 24.7 Å². The zero-order valence-corrected chi connectivity index (χ0v) is 17.7. The molecule has 0 saturated heterocycles. The van der Waals surface area contributed by atoms with Crippen LogP contribution in [0.4, 0.5) is 14.5 Å². The van der Waals surface area contributed by atoms with Crippen molar-refractivity contribution in [3.8, 4) is 0 Å². The van der Waals surface area contributed by atoms with Crippen LogP contribution in [0.2, 0.25) is 0 Å². The normalized spacial score (nSPS) is 11.6. The van der Waals surface area contributed by atoms with E-state index in [1.54, 1.807) is 29.7 Å². The lowest BCUT2D eigenvalue weighted by atomic mass is 10.1. The minimum Gasteiger partial charge on any atom is -0.465 e. The maximum absolute atomic E-state index is 12.7. The highest BCUT2D eigenvalue weighted by Gasteiger charge is 2.08. The SMILES string of the molecule is O=C(CCCCCCC(=O)Nc1ccc(CC(=O)OCCCCC(F)CF)cc1)NO. The van der Waals surface area contributed by atoms with E-state index >= 15 is 0 Å². The van der Waals surface area contributed by atoms with E-state index in [9.17, 15) is 23.2 Å². The smallest absolute Gasteiger partial charge is 0.310 e. The van der Waals surface area contributed by atoms with Crippen LogP contribution in [0.1, 0.15) is 63.4 Å². The van der Waals surface area contributed by atoms with Crippen LogP contribution in [0, 0.1) is 0 Å². The summed E-state index contributed by atoms with van der Waals surface area (Å²) in [5.74, 6) is -0.907. The van der Waals surface area contributed by atoms with Crippen molar-refractivity contribution in [1.29, 1.82) is 0 Å². The molecule has 1 unspecified atom stereocenters. The number of esters is 1. The molecule has 0 aliphatic heterocycles. The highest BCUT2D eigenvalue weighted by atomic mass is 19.2. The van der Waals surface area contributed by atoms with Gasteiger partial charge in [0.25, 0.3) is 0 Å². The maximum Gasteiger partial charge on any atom is 0.310 e. The van der Waals surface area contributed by atoms with Crippen LogP contribution in [0.25, 0.3) is 0 Å². The van der Waals surface area contributed by atoms with Gasteiger partial charge in [0.2, 0.25) is 11.8 Å². The Morgan fingerprint density at radius 1 is 0.935 bits per heavy atom. The molecular formula is C22H32F2N2O5. The largest absolute Gasteiger partial charge is 0.465 e. The molecule has 0 bridgehead atoms. The van der Waals surface area contributed by atoms with Gasteiger partial charge in [-0.1, -0.05) is 25.0 Å². The monoisotopic (exact) mass is 442 g/mol. The molecule has 1 aromatic carbocycles.